The highest BCUT2D eigenvalue weighted by molar-refractivity contribution is 6.12. The molecular formula is C25H34O5. The van der Waals surface area contributed by atoms with Crippen molar-refractivity contribution in [1.82, 2.24) is 0 Å². The first-order chi connectivity index (χ1) is 14.6. The summed E-state index contributed by atoms with van der Waals surface area (Å²) in [5.74, 6) is 0.517. The molecule has 1 aromatic rings. The van der Waals surface area contributed by atoms with Crippen LogP contribution >= 0.6 is 0 Å². The monoisotopic (exact) mass is 414 g/mol. The standard InChI is InChI=1S/C25H34O5/c1-19-24(26)21(25(27)30-19)14-12-10-8-6-4-2-3-5-7-9-11-13-20-15-16-22-23(17-20)29-18-28-22/h15-17,21H,1-14,18H2. The molecule has 5 nitrogen and oxygen atoms in total. The van der Waals surface area contributed by atoms with E-state index in [2.05, 4.69) is 18.7 Å². The van der Waals surface area contributed by atoms with Gasteiger partial charge in [0.25, 0.3) is 0 Å². The number of aryl methyl sites for hydroxylation is 1. The van der Waals surface area contributed by atoms with Crippen molar-refractivity contribution in [2.75, 3.05) is 6.79 Å². The molecule has 0 amide bonds. The molecule has 1 saturated heterocycles. The lowest BCUT2D eigenvalue weighted by atomic mass is 9.97. The summed E-state index contributed by atoms with van der Waals surface area (Å²) in [4.78, 5) is 23.2. The first kappa shape index (κ1) is 22.4. The van der Waals surface area contributed by atoms with Gasteiger partial charge in [0.05, 0.1) is 0 Å². The minimum atomic E-state index is -0.595. The van der Waals surface area contributed by atoms with E-state index in [4.69, 9.17) is 14.2 Å². The van der Waals surface area contributed by atoms with Gasteiger partial charge in [-0.15, -0.1) is 0 Å². The molecule has 1 atom stereocenters. The molecule has 1 unspecified atom stereocenters. The smallest absolute Gasteiger partial charge is 0.322 e. The number of hydrogen-bond donors (Lipinski definition) is 0. The van der Waals surface area contributed by atoms with Crippen LogP contribution < -0.4 is 9.47 Å². The fraction of sp³-hybridized carbons (Fsp3) is 0.600. The highest BCUT2D eigenvalue weighted by Crippen LogP contribution is 2.33. The highest BCUT2D eigenvalue weighted by atomic mass is 16.7. The average Bonchev–Trinajstić information content (AvgIpc) is 3.30. The molecule has 30 heavy (non-hydrogen) atoms. The van der Waals surface area contributed by atoms with Gasteiger partial charge in [0.1, 0.15) is 5.92 Å². The lowest BCUT2D eigenvalue weighted by molar-refractivity contribution is -0.139. The van der Waals surface area contributed by atoms with Crippen LogP contribution in [-0.2, 0) is 20.7 Å². The van der Waals surface area contributed by atoms with Crippen LogP contribution in [0.4, 0.5) is 0 Å². The van der Waals surface area contributed by atoms with E-state index >= 15 is 0 Å². The Morgan fingerprint density at radius 3 is 2.03 bits per heavy atom. The van der Waals surface area contributed by atoms with Gasteiger partial charge in [-0.1, -0.05) is 76.9 Å². The van der Waals surface area contributed by atoms with Crippen molar-refractivity contribution in [3.05, 3.63) is 36.1 Å². The summed E-state index contributed by atoms with van der Waals surface area (Å²) in [5, 5.41) is 0. The maximum Gasteiger partial charge on any atom is 0.322 e. The van der Waals surface area contributed by atoms with Gasteiger partial charge < -0.3 is 14.2 Å². The molecular weight excluding hydrogens is 380 g/mol. The van der Waals surface area contributed by atoms with E-state index < -0.39 is 11.9 Å². The Bertz CT molecular complexity index is 739. The van der Waals surface area contributed by atoms with Crippen LogP contribution in [0.1, 0.15) is 82.6 Å². The first-order valence-electron chi connectivity index (χ1n) is 11.5. The Morgan fingerprint density at radius 2 is 1.40 bits per heavy atom. The fourth-order valence-corrected chi connectivity index (χ4v) is 4.16. The maximum atomic E-state index is 11.7. The molecule has 1 fully saturated rings. The predicted molar refractivity (Wildman–Crippen MR) is 115 cm³/mol. The van der Waals surface area contributed by atoms with Crippen molar-refractivity contribution in [2.24, 2.45) is 5.92 Å². The van der Waals surface area contributed by atoms with Gasteiger partial charge in [-0.05, 0) is 37.0 Å². The number of esters is 1. The number of ether oxygens (including phenoxy) is 3. The van der Waals surface area contributed by atoms with Crippen molar-refractivity contribution in [2.45, 2.75) is 83.5 Å². The highest BCUT2D eigenvalue weighted by Gasteiger charge is 2.37. The van der Waals surface area contributed by atoms with Gasteiger partial charge in [-0.3, -0.25) is 9.59 Å². The molecule has 0 radical (unpaired) electrons. The third kappa shape index (κ3) is 6.61. The molecule has 0 saturated carbocycles. The van der Waals surface area contributed by atoms with Crippen LogP contribution in [0.2, 0.25) is 0 Å². The topological polar surface area (TPSA) is 61.8 Å². The van der Waals surface area contributed by atoms with Crippen LogP contribution in [0, 0.1) is 5.92 Å². The van der Waals surface area contributed by atoms with Gasteiger partial charge in [0, 0.05) is 0 Å². The van der Waals surface area contributed by atoms with Crippen molar-refractivity contribution in [1.29, 1.82) is 0 Å². The zero-order valence-corrected chi connectivity index (χ0v) is 18.0. The van der Waals surface area contributed by atoms with Crippen molar-refractivity contribution in [3.63, 3.8) is 0 Å². The third-order valence-corrected chi connectivity index (χ3v) is 5.99. The number of unbranched alkanes of at least 4 members (excludes halogenated alkanes) is 10. The number of ketones is 1. The van der Waals surface area contributed by atoms with E-state index in [0.717, 1.165) is 30.8 Å². The molecule has 1 aromatic carbocycles. The zero-order valence-electron chi connectivity index (χ0n) is 18.0. The number of allylic oxidation sites excluding steroid dienone is 1. The number of fused-ring (bicyclic) bond motifs is 1. The minimum absolute atomic E-state index is 0.0120. The Hall–Kier alpha value is -2.30. The number of rotatable bonds is 14. The minimum Gasteiger partial charge on any atom is -0.454 e. The Morgan fingerprint density at radius 1 is 0.800 bits per heavy atom. The van der Waals surface area contributed by atoms with Crippen molar-refractivity contribution < 1.29 is 23.8 Å². The molecule has 0 aliphatic carbocycles. The van der Waals surface area contributed by atoms with E-state index in [1.54, 1.807) is 0 Å². The van der Waals surface area contributed by atoms with Crippen LogP contribution in [0.5, 0.6) is 11.5 Å². The number of Topliss-reactive ketones (excluding diaryl/α,β-unsaturated/α-hetero) is 1. The van der Waals surface area contributed by atoms with Crippen molar-refractivity contribution >= 4 is 11.8 Å². The van der Waals surface area contributed by atoms with Gasteiger partial charge >= 0.3 is 5.97 Å². The molecule has 0 N–H and O–H groups in total. The maximum absolute atomic E-state index is 11.7. The van der Waals surface area contributed by atoms with Crippen molar-refractivity contribution in [3.8, 4) is 11.5 Å². The second-order valence-electron chi connectivity index (χ2n) is 8.38. The van der Waals surface area contributed by atoms with Gasteiger partial charge in [0.2, 0.25) is 12.6 Å². The SMILES string of the molecule is C=C1OC(=O)C(CCCCCCCCCCCCCc2ccc3c(c2)OCO3)C1=O. The summed E-state index contributed by atoms with van der Waals surface area (Å²) < 4.78 is 15.6. The van der Waals surface area contributed by atoms with Gasteiger partial charge in [0.15, 0.2) is 17.3 Å². The predicted octanol–water partition coefficient (Wildman–Crippen LogP) is 5.89. The molecule has 2 aliphatic heterocycles. The Labute approximate surface area is 179 Å². The second-order valence-corrected chi connectivity index (χ2v) is 8.38. The van der Waals surface area contributed by atoms with E-state index in [-0.39, 0.29) is 11.5 Å². The average molecular weight is 415 g/mol. The zero-order chi connectivity index (χ0) is 21.2. The molecule has 0 bridgehead atoms. The first-order valence-corrected chi connectivity index (χ1v) is 11.5. The van der Waals surface area contributed by atoms with E-state index in [0.29, 0.717) is 13.2 Å². The largest absolute Gasteiger partial charge is 0.454 e. The van der Waals surface area contributed by atoms with Gasteiger partial charge in [-0.25, -0.2) is 0 Å². The van der Waals surface area contributed by atoms with Crippen LogP contribution in [-0.4, -0.2) is 18.5 Å². The Kier molecular flexibility index (Phi) is 8.79. The molecule has 2 heterocycles. The van der Waals surface area contributed by atoms with Crippen LogP contribution in [0.25, 0.3) is 0 Å². The Balaban J connectivity index is 1.10. The number of carbonyl (C=O) groups excluding carboxylic acids is 2. The van der Waals surface area contributed by atoms with Gasteiger partial charge in [-0.2, -0.15) is 0 Å². The van der Waals surface area contributed by atoms with E-state index in [9.17, 15) is 9.59 Å². The number of benzene rings is 1. The summed E-state index contributed by atoms with van der Waals surface area (Å²) in [6.45, 7) is 3.81. The number of carbonyl (C=O) groups is 2. The summed E-state index contributed by atoms with van der Waals surface area (Å²) in [6.07, 6.45) is 15.1. The lowest BCUT2D eigenvalue weighted by Gasteiger charge is -2.05. The third-order valence-electron chi connectivity index (χ3n) is 5.99. The van der Waals surface area contributed by atoms with Crippen LogP contribution in [0.15, 0.2) is 30.5 Å². The molecule has 0 aromatic heterocycles. The normalized spacial score (nSPS) is 17.6. The second kappa shape index (κ2) is 11.8. The summed E-state index contributed by atoms with van der Waals surface area (Å²) >= 11 is 0. The molecule has 2 aliphatic rings. The number of hydrogen-bond acceptors (Lipinski definition) is 5. The van der Waals surface area contributed by atoms with E-state index in [1.807, 2.05) is 6.07 Å². The van der Waals surface area contributed by atoms with E-state index in [1.165, 1.54) is 63.4 Å². The summed E-state index contributed by atoms with van der Waals surface area (Å²) in [5.41, 5.74) is 1.33. The molecule has 0 spiro atoms. The molecule has 164 valence electrons. The molecule has 5 heteroatoms. The quantitative estimate of drug-likeness (QED) is 0.164. The fourth-order valence-electron chi connectivity index (χ4n) is 4.16. The summed E-state index contributed by atoms with van der Waals surface area (Å²) in [7, 11) is 0. The number of cyclic esters (lactones) is 1. The lowest BCUT2D eigenvalue weighted by Crippen LogP contribution is -2.14. The molecule has 3 rings (SSSR count). The van der Waals surface area contributed by atoms with Crippen LogP contribution in [0.3, 0.4) is 0 Å². The summed E-state index contributed by atoms with van der Waals surface area (Å²) in [6, 6.07) is 6.26.